The van der Waals surface area contributed by atoms with Crippen molar-refractivity contribution in [2.45, 2.75) is 6.61 Å². The standard InChI is InChI=1S/C24H18ClIN2O3/c1-30-23-13-16(5-10-22(23)31-15-17-3-2-4-19(25)12-17)11-18(14-27)24(29)28-21-8-6-20(26)7-9-21/h2-13H,15H2,1H3,(H,28,29)/b18-11+. The molecule has 0 bridgehead atoms. The summed E-state index contributed by atoms with van der Waals surface area (Å²) in [4.78, 5) is 12.5. The summed E-state index contributed by atoms with van der Waals surface area (Å²) in [6, 6.07) is 21.9. The summed E-state index contributed by atoms with van der Waals surface area (Å²) in [6.07, 6.45) is 1.51. The van der Waals surface area contributed by atoms with Crippen LogP contribution < -0.4 is 14.8 Å². The van der Waals surface area contributed by atoms with Gasteiger partial charge in [0.2, 0.25) is 0 Å². The number of nitriles is 1. The predicted molar refractivity (Wildman–Crippen MR) is 130 cm³/mol. The molecule has 0 aliphatic carbocycles. The maximum atomic E-state index is 12.5. The first kappa shape index (κ1) is 22.7. The molecule has 7 heteroatoms. The van der Waals surface area contributed by atoms with E-state index in [9.17, 15) is 10.1 Å². The predicted octanol–water partition coefficient (Wildman–Crippen LogP) is 6.08. The molecule has 0 spiro atoms. The van der Waals surface area contributed by atoms with Crippen LogP contribution in [0.1, 0.15) is 11.1 Å². The largest absolute Gasteiger partial charge is 0.493 e. The number of ether oxygens (including phenoxy) is 2. The molecule has 0 atom stereocenters. The van der Waals surface area contributed by atoms with E-state index >= 15 is 0 Å². The maximum absolute atomic E-state index is 12.5. The molecule has 5 nitrogen and oxygen atoms in total. The topological polar surface area (TPSA) is 71.3 Å². The highest BCUT2D eigenvalue weighted by Gasteiger charge is 2.11. The van der Waals surface area contributed by atoms with Crippen molar-refractivity contribution in [3.63, 3.8) is 0 Å². The molecule has 0 radical (unpaired) electrons. The van der Waals surface area contributed by atoms with Crippen LogP contribution in [0.25, 0.3) is 6.08 Å². The molecule has 0 fully saturated rings. The molecule has 0 unspecified atom stereocenters. The number of hydrogen-bond donors (Lipinski definition) is 1. The molecule has 3 rings (SSSR count). The van der Waals surface area contributed by atoms with Gasteiger partial charge in [0.05, 0.1) is 7.11 Å². The molecule has 0 aliphatic heterocycles. The Morgan fingerprint density at radius 1 is 1.13 bits per heavy atom. The van der Waals surface area contributed by atoms with Crippen molar-refractivity contribution >= 4 is 51.9 Å². The van der Waals surface area contributed by atoms with Gasteiger partial charge in [0.1, 0.15) is 18.2 Å². The Bertz CT molecular complexity index is 1150. The summed E-state index contributed by atoms with van der Waals surface area (Å²) in [5, 5.41) is 12.8. The van der Waals surface area contributed by atoms with Crippen molar-refractivity contribution in [2.24, 2.45) is 0 Å². The highest BCUT2D eigenvalue weighted by atomic mass is 127. The molecule has 0 saturated carbocycles. The first-order chi connectivity index (χ1) is 15.0. The minimum atomic E-state index is -0.482. The van der Waals surface area contributed by atoms with Crippen molar-refractivity contribution in [3.05, 3.63) is 92.0 Å². The van der Waals surface area contributed by atoms with Gasteiger partial charge in [-0.1, -0.05) is 29.8 Å². The Kier molecular flexibility index (Phi) is 7.93. The molecule has 3 aromatic rings. The molecule has 0 aromatic heterocycles. The van der Waals surface area contributed by atoms with Gasteiger partial charge in [-0.15, -0.1) is 0 Å². The van der Waals surface area contributed by atoms with Gasteiger partial charge in [-0.2, -0.15) is 5.26 Å². The molecule has 0 saturated heterocycles. The molecular weight excluding hydrogens is 527 g/mol. The van der Waals surface area contributed by atoms with Crippen LogP contribution in [-0.4, -0.2) is 13.0 Å². The van der Waals surface area contributed by atoms with Gasteiger partial charge in [0.15, 0.2) is 11.5 Å². The smallest absolute Gasteiger partial charge is 0.266 e. The van der Waals surface area contributed by atoms with Crippen LogP contribution in [0.5, 0.6) is 11.5 Å². The van der Waals surface area contributed by atoms with E-state index in [0.717, 1.165) is 9.13 Å². The SMILES string of the molecule is COc1cc(/C=C(\C#N)C(=O)Nc2ccc(I)cc2)ccc1OCc1cccc(Cl)c1. The van der Waals surface area contributed by atoms with Crippen LogP contribution in [0.15, 0.2) is 72.3 Å². The molecule has 156 valence electrons. The number of rotatable bonds is 7. The molecule has 0 heterocycles. The summed E-state index contributed by atoms with van der Waals surface area (Å²) >= 11 is 8.19. The monoisotopic (exact) mass is 544 g/mol. The number of anilines is 1. The zero-order chi connectivity index (χ0) is 22.2. The number of nitrogens with one attached hydrogen (secondary N) is 1. The van der Waals surface area contributed by atoms with E-state index in [-0.39, 0.29) is 5.57 Å². The zero-order valence-electron chi connectivity index (χ0n) is 16.6. The highest BCUT2D eigenvalue weighted by molar-refractivity contribution is 14.1. The second-order valence-electron chi connectivity index (χ2n) is 6.46. The molecular formula is C24H18ClIN2O3. The lowest BCUT2D eigenvalue weighted by atomic mass is 10.1. The lowest BCUT2D eigenvalue weighted by molar-refractivity contribution is -0.112. The average molecular weight is 545 g/mol. The first-order valence-electron chi connectivity index (χ1n) is 9.22. The summed E-state index contributed by atoms with van der Waals surface area (Å²) in [7, 11) is 1.53. The lowest BCUT2D eigenvalue weighted by Crippen LogP contribution is -2.13. The number of methoxy groups -OCH3 is 1. The minimum absolute atomic E-state index is 0.0202. The quantitative estimate of drug-likeness (QED) is 0.222. The van der Waals surface area contributed by atoms with Crippen molar-refractivity contribution in [3.8, 4) is 17.6 Å². The molecule has 0 aliphatic rings. The summed E-state index contributed by atoms with van der Waals surface area (Å²) < 4.78 is 12.3. The normalized spacial score (nSPS) is 10.8. The second-order valence-corrected chi connectivity index (χ2v) is 8.14. The second kappa shape index (κ2) is 10.8. The number of carbonyl (C=O) groups excluding carboxylic acids is 1. The molecule has 31 heavy (non-hydrogen) atoms. The van der Waals surface area contributed by atoms with Gasteiger partial charge >= 0.3 is 0 Å². The number of hydrogen-bond acceptors (Lipinski definition) is 4. The highest BCUT2D eigenvalue weighted by Crippen LogP contribution is 2.30. The molecule has 3 aromatic carbocycles. The van der Waals surface area contributed by atoms with Crippen LogP contribution in [0.4, 0.5) is 5.69 Å². The van der Waals surface area contributed by atoms with Crippen molar-refractivity contribution in [1.29, 1.82) is 5.26 Å². The first-order valence-corrected chi connectivity index (χ1v) is 10.7. The minimum Gasteiger partial charge on any atom is -0.493 e. The van der Waals surface area contributed by atoms with Gasteiger partial charge in [0, 0.05) is 14.3 Å². The van der Waals surface area contributed by atoms with Crippen LogP contribution in [0.2, 0.25) is 5.02 Å². The van der Waals surface area contributed by atoms with E-state index in [2.05, 4.69) is 27.9 Å². The fourth-order valence-electron chi connectivity index (χ4n) is 2.73. The Hall–Kier alpha value is -3.02. The van der Waals surface area contributed by atoms with Crippen LogP contribution in [0.3, 0.4) is 0 Å². The van der Waals surface area contributed by atoms with Crippen molar-refractivity contribution < 1.29 is 14.3 Å². The number of amides is 1. The van der Waals surface area contributed by atoms with E-state index in [4.69, 9.17) is 21.1 Å². The third-order valence-corrected chi connectivity index (χ3v) is 5.20. The average Bonchev–Trinajstić information content (AvgIpc) is 2.77. The van der Waals surface area contributed by atoms with E-state index in [1.54, 1.807) is 36.4 Å². The molecule has 1 amide bonds. The maximum Gasteiger partial charge on any atom is 0.266 e. The number of benzene rings is 3. The van der Waals surface area contributed by atoms with Crippen LogP contribution >= 0.6 is 34.2 Å². The number of carbonyl (C=O) groups is 1. The Balaban J connectivity index is 1.74. The Morgan fingerprint density at radius 2 is 1.90 bits per heavy atom. The fraction of sp³-hybridized carbons (Fsp3) is 0.0833. The number of halogens is 2. The third kappa shape index (κ3) is 6.48. The molecule has 1 N–H and O–H groups in total. The Morgan fingerprint density at radius 3 is 2.58 bits per heavy atom. The van der Waals surface area contributed by atoms with Crippen LogP contribution in [0, 0.1) is 14.9 Å². The lowest BCUT2D eigenvalue weighted by Gasteiger charge is -2.12. The van der Waals surface area contributed by atoms with Crippen LogP contribution in [-0.2, 0) is 11.4 Å². The number of nitrogens with zero attached hydrogens (tertiary/aromatic N) is 1. The Labute approximate surface area is 199 Å². The zero-order valence-corrected chi connectivity index (χ0v) is 19.5. The summed E-state index contributed by atoms with van der Waals surface area (Å²) in [6.45, 7) is 0.327. The van der Waals surface area contributed by atoms with Gasteiger partial charge < -0.3 is 14.8 Å². The van der Waals surface area contributed by atoms with Gasteiger partial charge in [-0.05, 0) is 88.3 Å². The van der Waals surface area contributed by atoms with Gasteiger partial charge in [-0.25, -0.2) is 0 Å². The van der Waals surface area contributed by atoms with Gasteiger partial charge in [-0.3, -0.25) is 4.79 Å². The van der Waals surface area contributed by atoms with Gasteiger partial charge in [0.25, 0.3) is 5.91 Å². The fourth-order valence-corrected chi connectivity index (χ4v) is 3.30. The van der Waals surface area contributed by atoms with E-state index in [1.807, 2.05) is 36.4 Å². The van der Waals surface area contributed by atoms with E-state index in [0.29, 0.717) is 34.4 Å². The summed E-state index contributed by atoms with van der Waals surface area (Å²) in [5.41, 5.74) is 2.17. The van der Waals surface area contributed by atoms with Crippen molar-refractivity contribution in [1.82, 2.24) is 0 Å². The van der Waals surface area contributed by atoms with Crippen molar-refractivity contribution in [2.75, 3.05) is 12.4 Å². The van der Waals surface area contributed by atoms with E-state index < -0.39 is 5.91 Å². The third-order valence-electron chi connectivity index (χ3n) is 4.25. The van der Waals surface area contributed by atoms with E-state index in [1.165, 1.54) is 13.2 Å². The summed E-state index contributed by atoms with van der Waals surface area (Å²) in [5.74, 6) is 0.552.